The largest absolute Gasteiger partial charge is 0.496 e. The van der Waals surface area contributed by atoms with Gasteiger partial charge in [-0.15, -0.1) is 0 Å². The Kier molecular flexibility index (Phi) is 6.09. The molecule has 0 fully saturated rings. The number of aromatic nitrogens is 2. The summed E-state index contributed by atoms with van der Waals surface area (Å²) in [6, 6.07) is 14.9. The third-order valence-corrected chi connectivity index (χ3v) is 5.08. The van der Waals surface area contributed by atoms with Gasteiger partial charge in [0.2, 0.25) is 5.91 Å². The van der Waals surface area contributed by atoms with Gasteiger partial charge in [0.15, 0.2) is 0 Å². The van der Waals surface area contributed by atoms with Crippen LogP contribution in [0.5, 0.6) is 5.75 Å². The van der Waals surface area contributed by atoms with E-state index in [0.717, 1.165) is 11.3 Å². The number of ether oxygens (including phenoxy) is 1. The lowest BCUT2D eigenvalue weighted by molar-refractivity contribution is -0.132. The van der Waals surface area contributed by atoms with Crippen LogP contribution in [0.4, 0.5) is 0 Å². The molecule has 1 aromatic heterocycles. The average Bonchev–Trinajstić information content (AvgIpc) is 2.74. The summed E-state index contributed by atoms with van der Waals surface area (Å²) >= 11 is 0. The predicted octanol–water partition coefficient (Wildman–Crippen LogP) is 3.40. The molecule has 3 aromatic rings. The van der Waals surface area contributed by atoms with E-state index in [0.29, 0.717) is 30.3 Å². The van der Waals surface area contributed by atoms with E-state index in [9.17, 15) is 9.59 Å². The van der Waals surface area contributed by atoms with Crippen LogP contribution in [0.25, 0.3) is 10.9 Å². The molecule has 6 heteroatoms. The minimum Gasteiger partial charge on any atom is -0.496 e. The average molecular weight is 379 g/mol. The molecule has 2 aromatic carbocycles. The highest BCUT2D eigenvalue weighted by Crippen LogP contribution is 2.28. The Balaban J connectivity index is 1.62. The van der Waals surface area contributed by atoms with E-state index < -0.39 is 0 Å². The molecule has 0 spiro atoms. The molecule has 0 aliphatic heterocycles. The third-order valence-electron chi connectivity index (χ3n) is 5.08. The number of para-hydroxylation sites is 2. The lowest BCUT2D eigenvalue weighted by Crippen LogP contribution is -2.30. The van der Waals surface area contributed by atoms with Gasteiger partial charge < -0.3 is 9.64 Å². The Morgan fingerprint density at radius 3 is 2.68 bits per heavy atom. The van der Waals surface area contributed by atoms with E-state index in [1.807, 2.05) is 49.4 Å². The fraction of sp³-hybridized carbons (Fsp3) is 0.318. The number of hydrogen-bond donors (Lipinski definition) is 0. The highest BCUT2D eigenvalue weighted by molar-refractivity contribution is 5.77. The first-order valence-corrected chi connectivity index (χ1v) is 9.35. The zero-order valence-corrected chi connectivity index (χ0v) is 16.5. The van der Waals surface area contributed by atoms with Gasteiger partial charge >= 0.3 is 0 Å². The lowest BCUT2D eigenvalue weighted by atomic mass is 10.1. The molecule has 0 saturated carbocycles. The number of hydrogen-bond acceptors (Lipinski definition) is 4. The van der Waals surface area contributed by atoms with Crippen molar-refractivity contribution in [2.45, 2.75) is 32.4 Å². The number of benzene rings is 2. The summed E-state index contributed by atoms with van der Waals surface area (Å²) in [5, 5.41) is 0.596. The zero-order chi connectivity index (χ0) is 20.1. The van der Waals surface area contributed by atoms with Gasteiger partial charge in [-0.2, -0.15) is 0 Å². The smallest absolute Gasteiger partial charge is 0.261 e. The summed E-state index contributed by atoms with van der Waals surface area (Å²) in [4.78, 5) is 31.2. The molecule has 3 rings (SSSR count). The van der Waals surface area contributed by atoms with Gasteiger partial charge in [-0.05, 0) is 31.5 Å². The molecule has 6 nitrogen and oxygen atoms in total. The van der Waals surface area contributed by atoms with Gasteiger partial charge in [0, 0.05) is 25.6 Å². The van der Waals surface area contributed by atoms with E-state index >= 15 is 0 Å². The second-order valence-electron chi connectivity index (χ2n) is 6.79. The van der Waals surface area contributed by atoms with Crippen molar-refractivity contribution in [3.8, 4) is 5.75 Å². The van der Waals surface area contributed by atoms with Crippen molar-refractivity contribution in [1.29, 1.82) is 0 Å². The summed E-state index contributed by atoms with van der Waals surface area (Å²) in [5.74, 6) is 0.795. The molecule has 146 valence electrons. The SMILES string of the molecule is COc1ccccc1[C@@H](C)N(C)C(=O)CCCn1cnc2ccccc2c1=O. The van der Waals surface area contributed by atoms with Crippen LogP contribution in [0.1, 0.15) is 31.4 Å². The van der Waals surface area contributed by atoms with Crippen molar-refractivity contribution < 1.29 is 9.53 Å². The molecular formula is C22H25N3O3. The first-order valence-electron chi connectivity index (χ1n) is 9.35. The molecule has 1 heterocycles. The quantitative estimate of drug-likeness (QED) is 0.631. The van der Waals surface area contributed by atoms with Gasteiger partial charge in [-0.25, -0.2) is 4.98 Å². The van der Waals surface area contributed by atoms with Crippen molar-refractivity contribution >= 4 is 16.8 Å². The minimum atomic E-state index is -0.103. The highest BCUT2D eigenvalue weighted by atomic mass is 16.5. The van der Waals surface area contributed by atoms with Crippen molar-refractivity contribution in [2.24, 2.45) is 0 Å². The maximum atomic E-state index is 12.6. The van der Waals surface area contributed by atoms with Crippen molar-refractivity contribution in [3.63, 3.8) is 0 Å². The van der Waals surface area contributed by atoms with Crippen molar-refractivity contribution in [3.05, 3.63) is 70.8 Å². The summed E-state index contributed by atoms with van der Waals surface area (Å²) in [6.07, 6.45) is 2.48. The molecule has 0 saturated heterocycles. The van der Waals surface area contributed by atoms with E-state index in [2.05, 4.69) is 4.98 Å². The summed E-state index contributed by atoms with van der Waals surface area (Å²) in [6.45, 7) is 2.44. The molecule has 1 atom stereocenters. The predicted molar refractivity (Wildman–Crippen MR) is 109 cm³/mol. The third kappa shape index (κ3) is 4.06. The lowest BCUT2D eigenvalue weighted by Gasteiger charge is -2.26. The van der Waals surface area contributed by atoms with Crippen LogP contribution in [-0.4, -0.2) is 34.5 Å². The van der Waals surface area contributed by atoms with Gasteiger partial charge in [0.1, 0.15) is 5.75 Å². The maximum Gasteiger partial charge on any atom is 0.261 e. The molecule has 28 heavy (non-hydrogen) atoms. The van der Waals surface area contributed by atoms with Crippen LogP contribution in [0.3, 0.4) is 0 Å². The van der Waals surface area contributed by atoms with Crippen LogP contribution >= 0.6 is 0 Å². The number of rotatable bonds is 7. The van der Waals surface area contributed by atoms with Crippen LogP contribution in [0, 0.1) is 0 Å². The van der Waals surface area contributed by atoms with Crippen molar-refractivity contribution in [1.82, 2.24) is 14.5 Å². The summed E-state index contributed by atoms with van der Waals surface area (Å²) in [5.41, 5.74) is 1.58. The number of fused-ring (bicyclic) bond motifs is 1. The van der Waals surface area contributed by atoms with Crippen molar-refractivity contribution in [2.75, 3.05) is 14.2 Å². The van der Waals surface area contributed by atoms with E-state index in [4.69, 9.17) is 4.74 Å². The Labute approximate surface area is 164 Å². The number of methoxy groups -OCH3 is 1. The first kappa shape index (κ1) is 19.6. The highest BCUT2D eigenvalue weighted by Gasteiger charge is 2.19. The van der Waals surface area contributed by atoms with E-state index in [1.165, 1.54) is 0 Å². The molecule has 1 amide bonds. The van der Waals surface area contributed by atoms with Crippen LogP contribution in [0.15, 0.2) is 59.7 Å². The van der Waals surface area contributed by atoms with Gasteiger partial charge in [0.25, 0.3) is 5.56 Å². The fourth-order valence-corrected chi connectivity index (χ4v) is 3.28. The molecule has 0 aliphatic carbocycles. The normalized spacial score (nSPS) is 12.0. The Bertz CT molecular complexity index is 1030. The van der Waals surface area contributed by atoms with Gasteiger partial charge in [-0.1, -0.05) is 30.3 Å². The monoisotopic (exact) mass is 379 g/mol. The maximum absolute atomic E-state index is 12.6. The zero-order valence-electron chi connectivity index (χ0n) is 16.5. The van der Waals surface area contributed by atoms with Crippen LogP contribution in [-0.2, 0) is 11.3 Å². The number of nitrogens with zero attached hydrogens (tertiary/aromatic N) is 3. The number of aryl methyl sites for hydroxylation is 1. The topological polar surface area (TPSA) is 64.4 Å². The molecule has 0 radical (unpaired) electrons. The molecule has 0 N–H and O–H groups in total. The molecule has 0 bridgehead atoms. The van der Waals surface area contributed by atoms with E-state index in [1.54, 1.807) is 36.0 Å². The Morgan fingerprint density at radius 2 is 1.89 bits per heavy atom. The number of carbonyl (C=O) groups is 1. The molecule has 0 aliphatic rings. The fourth-order valence-electron chi connectivity index (χ4n) is 3.28. The minimum absolute atomic E-state index is 0.0280. The second-order valence-corrected chi connectivity index (χ2v) is 6.79. The van der Waals surface area contributed by atoms with Gasteiger partial charge in [-0.3, -0.25) is 14.2 Å². The van der Waals surface area contributed by atoms with E-state index in [-0.39, 0.29) is 17.5 Å². The Morgan fingerprint density at radius 1 is 1.18 bits per heavy atom. The number of amides is 1. The molecule has 0 unspecified atom stereocenters. The van der Waals surface area contributed by atoms with Gasteiger partial charge in [0.05, 0.1) is 30.4 Å². The number of carbonyl (C=O) groups excluding carboxylic acids is 1. The van der Waals surface area contributed by atoms with Crippen LogP contribution < -0.4 is 10.3 Å². The van der Waals surface area contributed by atoms with Crippen LogP contribution in [0.2, 0.25) is 0 Å². The Hall–Kier alpha value is -3.15. The summed E-state index contributed by atoms with van der Waals surface area (Å²) in [7, 11) is 3.42. The first-order chi connectivity index (χ1) is 13.5. The molecular weight excluding hydrogens is 354 g/mol. The second kappa shape index (κ2) is 8.69. The standard InChI is InChI=1S/C22H25N3O3/c1-16(17-9-5-7-12-20(17)28-3)24(2)21(26)13-8-14-25-15-23-19-11-6-4-10-18(19)22(25)27/h4-7,9-12,15-16H,8,13-14H2,1-3H3/t16-/m1/s1. The summed E-state index contributed by atoms with van der Waals surface area (Å²) < 4.78 is 6.97.